The number of hydrogen-bond donors (Lipinski definition) is 1. The van der Waals surface area contributed by atoms with Gasteiger partial charge in [0.1, 0.15) is 12.3 Å². The number of rotatable bonds is 7. The summed E-state index contributed by atoms with van der Waals surface area (Å²) in [5.74, 6) is -1.13. The van der Waals surface area contributed by atoms with Gasteiger partial charge < -0.3 is 19.6 Å². The second kappa shape index (κ2) is 9.05. The Bertz CT molecular complexity index is 605. The first kappa shape index (κ1) is 18.8. The van der Waals surface area contributed by atoms with E-state index in [9.17, 15) is 14.4 Å². The SMILES string of the molecule is CCN(CC(=O)O)C(=O)C1CCCN(C(=O)COc2ccccc2)C1. The fraction of sp³-hybridized carbons (Fsp3) is 0.500. The van der Waals surface area contributed by atoms with Gasteiger partial charge in [-0.15, -0.1) is 0 Å². The van der Waals surface area contributed by atoms with E-state index < -0.39 is 5.97 Å². The normalized spacial score (nSPS) is 17.0. The molecule has 1 N–H and O–H groups in total. The molecule has 0 spiro atoms. The Labute approximate surface area is 147 Å². The van der Waals surface area contributed by atoms with Crippen LogP contribution >= 0.6 is 0 Å². The lowest BCUT2D eigenvalue weighted by Gasteiger charge is -2.34. The van der Waals surface area contributed by atoms with E-state index in [1.807, 2.05) is 18.2 Å². The van der Waals surface area contributed by atoms with E-state index in [1.165, 1.54) is 4.90 Å². The molecule has 2 amide bonds. The molecule has 1 heterocycles. The Morgan fingerprint density at radius 3 is 2.64 bits per heavy atom. The number of amides is 2. The van der Waals surface area contributed by atoms with Crippen LogP contribution in [0.25, 0.3) is 0 Å². The summed E-state index contributed by atoms with van der Waals surface area (Å²) in [4.78, 5) is 38.7. The van der Waals surface area contributed by atoms with Crippen LogP contribution < -0.4 is 4.74 Å². The summed E-state index contributed by atoms with van der Waals surface area (Å²) in [6.07, 6.45) is 1.39. The standard InChI is InChI=1S/C18H24N2O5/c1-2-19(12-17(22)23)18(24)14-7-6-10-20(11-14)16(21)13-25-15-8-4-3-5-9-15/h3-5,8-9,14H,2,6-7,10-13H2,1H3,(H,22,23). The molecular formula is C18H24N2O5. The summed E-state index contributed by atoms with van der Waals surface area (Å²) in [5, 5.41) is 8.91. The first-order valence-electron chi connectivity index (χ1n) is 8.47. The number of hydrogen-bond acceptors (Lipinski definition) is 4. The molecule has 0 aliphatic carbocycles. The number of benzene rings is 1. The monoisotopic (exact) mass is 348 g/mol. The van der Waals surface area contributed by atoms with Gasteiger partial charge >= 0.3 is 5.97 Å². The number of likely N-dealkylation sites (tertiary alicyclic amines) is 1. The summed E-state index contributed by atoms with van der Waals surface area (Å²) >= 11 is 0. The number of carboxylic acids is 1. The van der Waals surface area contributed by atoms with Gasteiger partial charge in [-0.2, -0.15) is 0 Å². The molecule has 0 aromatic heterocycles. The fourth-order valence-corrected chi connectivity index (χ4v) is 2.93. The van der Waals surface area contributed by atoms with Crippen molar-refractivity contribution in [2.75, 3.05) is 32.8 Å². The minimum Gasteiger partial charge on any atom is -0.484 e. The van der Waals surface area contributed by atoms with Crippen LogP contribution in [0.4, 0.5) is 0 Å². The van der Waals surface area contributed by atoms with Crippen molar-refractivity contribution in [1.29, 1.82) is 0 Å². The molecule has 7 heteroatoms. The second-order valence-electron chi connectivity index (χ2n) is 6.03. The first-order chi connectivity index (χ1) is 12.0. The highest BCUT2D eigenvalue weighted by molar-refractivity contribution is 5.84. The molecule has 0 radical (unpaired) electrons. The lowest BCUT2D eigenvalue weighted by atomic mass is 9.96. The molecule has 1 aliphatic rings. The van der Waals surface area contributed by atoms with Gasteiger partial charge in [0.25, 0.3) is 5.91 Å². The molecule has 2 rings (SSSR count). The molecule has 1 unspecified atom stereocenters. The van der Waals surface area contributed by atoms with Gasteiger partial charge in [-0.3, -0.25) is 14.4 Å². The zero-order chi connectivity index (χ0) is 18.2. The Morgan fingerprint density at radius 2 is 2.00 bits per heavy atom. The lowest BCUT2D eigenvalue weighted by Crippen LogP contribution is -2.48. The summed E-state index contributed by atoms with van der Waals surface area (Å²) in [5.41, 5.74) is 0. The number of aliphatic carboxylic acids is 1. The highest BCUT2D eigenvalue weighted by Crippen LogP contribution is 2.19. The molecular weight excluding hydrogens is 324 g/mol. The van der Waals surface area contributed by atoms with Crippen LogP contribution in [0.1, 0.15) is 19.8 Å². The third kappa shape index (κ3) is 5.48. The zero-order valence-corrected chi connectivity index (χ0v) is 14.4. The lowest BCUT2D eigenvalue weighted by molar-refractivity contribution is -0.148. The molecule has 25 heavy (non-hydrogen) atoms. The summed E-state index contributed by atoms with van der Waals surface area (Å²) in [6.45, 7) is 2.61. The van der Waals surface area contributed by atoms with Gasteiger partial charge in [0.15, 0.2) is 6.61 Å². The van der Waals surface area contributed by atoms with Crippen LogP contribution in [-0.2, 0) is 14.4 Å². The number of likely N-dealkylation sites (N-methyl/N-ethyl adjacent to an activating group) is 1. The van der Waals surface area contributed by atoms with Crippen molar-refractivity contribution >= 4 is 17.8 Å². The quantitative estimate of drug-likeness (QED) is 0.801. The van der Waals surface area contributed by atoms with Crippen molar-refractivity contribution in [2.24, 2.45) is 5.92 Å². The van der Waals surface area contributed by atoms with Crippen LogP contribution in [0.5, 0.6) is 5.75 Å². The van der Waals surface area contributed by atoms with Gasteiger partial charge in [0.05, 0.1) is 5.92 Å². The molecule has 0 saturated carbocycles. The van der Waals surface area contributed by atoms with Gasteiger partial charge in [-0.25, -0.2) is 0 Å². The molecule has 1 aromatic rings. The van der Waals surface area contributed by atoms with Crippen molar-refractivity contribution in [1.82, 2.24) is 9.80 Å². The number of piperidine rings is 1. The summed E-state index contributed by atoms with van der Waals surface area (Å²) < 4.78 is 5.47. The van der Waals surface area contributed by atoms with Crippen molar-refractivity contribution in [2.45, 2.75) is 19.8 Å². The minimum atomic E-state index is -1.03. The third-order valence-electron chi connectivity index (χ3n) is 4.25. The van der Waals surface area contributed by atoms with Gasteiger partial charge in [-0.1, -0.05) is 18.2 Å². The maximum absolute atomic E-state index is 12.5. The fourth-order valence-electron chi connectivity index (χ4n) is 2.93. The largest absolute Gasteiger partial charge is 0.484 e. The molecule has 1 aliphatic heterocycles. The average Bonchev–Trinajstić information content (AvgIpc) is 2.64. The van der Waals surface area contributed by atoms with Crippen molar-refractivity contribution in [3.05, 3.63) is 30.3 Å². The Hall–Kier alpha value is -2.57. The molecule has 1 saturated heterocycles. The van der Waals surface area contributed by atoms with Crippen molar-refractivity contribution in [3.63, 3.8) is 0 Å². The Kier molecular flexibility index (Phi) is 6.80. The first-order valence-corrected chi connectivity index (χ1v) is 8.47. The van der Waals surface area contributed by atoms with E-state index in [2.05, 4.69) is 0 Å². The Balaban J connectivity index is 1.89. The van der Waals surface area contributed by atoms with E-state index in [1.54, 1.807) is 24.0 Å². The molecule has 1 atom stereocenters. The van der Waals surface area contributed by atoms with Crippen LogP contribution in [0, 0.1) is 5.92 Å². The predicted molar refractivity (Wildman–Crippen MR) is 91.1 cm³/mol. The smallest absolute Gasteiger partial charge is 0.323 e. The zero-order valence-electron chi connectivity index (χ0n) is 14.4. The minimum absolute atomic E-state index is 0.0719. The molecule has 136 valence electrons. The van der Waals surface area contributed by atoms with Gasteiger partial charge in [0, 0.05) is 19.6 Å². The Morgan fingerprint density at radius 1 is 1.28 bits per heavy atom. The number of ether oxygens (including phenoxy) is 1. The molecule has 1 fully saturated rings. The highest BCUT2D eigenvalue weighted by Gasteiger charge is 2.31. The van der Waals surface area contributed by atoms with E-state index in [-0.39, 0.29) is 30.9 Å². The van der Waals surface area contributed by atoms with Crippen LogP contribution in [0.15, 0.2) is 30.3 Å². The number of carboxylic acid groups (broad SMARTS) is 1. The van der Waals surface area contributed by atoms with Crippen molar-refractivity contribution in [3.8, 4) is 5.75 Å². The molecule has 7 nitrogen and oxygen atoms in total. The molecule has 0 bridgehead atoms. The van der Waals surface area contributed by atoms with Crippen molar-refractivity contribution < 1.29 is 24.2 Å². The average molecular weight is 348 g/mol. The van der Waals surface area contributed by atoms with Crippen LogP contribution in [0.3, 0.4) is 0 Å². The topological polar surface area (TPSA) is 87.2 Å². The maximum atomic E-state index is 12.5. The summed E-state index contributed by atoms with van der Waals surface area (Å²) in [7, 11) is 0. The second-order valence-corrected chi connectivity index (χ2v) is 6.03. The highest BCUT2D eigenvalue weighted by atomic mass is 16.5. The van der Waals surface area contributed by atoms with E-state index in [0.29, 0.717) is 31.8 Å². The maximum Gasteiger partial charge on any atom is 0.323 e. The number of nitrogens with zero attached hydrogens (tertiary/aromatic N) is 2. The van der Waals surface area contributed by atoms with E-state index >= 15 is 0 Å². The summed E-state index contributed by atoms with van der Waals surface area (Å²) in [6, 6.07) is 9.09. The van der Waals surface area contributed by atoms with E-state index in [4.69, 9.17) is 9.84 Å². The number of carbonyl (C=O) groups excluding carboxylic acids is 2. The van der Waals surface area contributed by atoms with Crippen LogP contribution in [-0.4, -0.2) is 65.5 Å². The third-order valence-corrected chi connectivity index (χ3v) is 4.25. The van der Waals surface area contributed by atoms with Crippen LogP contribution in [0.2, 0.25) is 0 Å². The molecule has 1 aromatic carbocycles. The number of carbonyl (C=O) groups is 3. The number of para-hydroxylation sites is 1. The van der Waals surface area contributed by atoms with Gasteiger partial charge in [-0.05, 0) is 31.9 Å². The predicted octanol–water partition coefficient (Wildman–Crippen LogP) is 1.24. The van der Waals surface area contributed by atoms with E-state index in [0.717, 1.165) is 6.42 Å². The van der Waals surface area contributed by atoms with Gasteiger partial charge in [0.2, 0.25) is 5.91 Å².